The number of rotatable bonds is 6. The Labute approximate surface area is 288 Å². The molecule has 2 aliphatic heterocycles. The van der Waals surface area contributed by atoms with E-state index < -0.39 is 68.8 Å². The van der Waals surface area contributed by atoms with Crippen LogP contribution in [0.15, 0.2) is 72.3 Å². The average Bonchev–Trinajstić information content (AvgIpc) is 3.42. The van der Waals surface area contributed by atoms with Crippen molar-refractivity contribution in [3.63, 3.8) is 0 Å². The number of anilines is 2. The third-order valence-corrected chi connectivity index (χ3v) is 11.5. The summed E-state index contributed by atoms with van der Waals surface area (Å²) in [5, 5.41) is 20.0. The fourth-order valence-corrected chi connectivity index (χ4v) is 8.88. The van der Waals surface area contributed by atoms with E-state index in [0.717, 1.165) is 21.9 Å². The molecule has 6 atom stereocenters. The second-order valence-corrected chi connectivity index (χ2v) is 13.6. The van der Waals surface area contributed by atoms with E-state index in [1.165, 1.54) is 62.8 Å². The minimum atomic E-state index is -2.27. The highest BCUT2D eigenvalue weighted by Gasteiger charge is 2.77. The molecular weight excluding hydrogens is 682 g/mol. The van der Waals surface area contributed by atoms with Crippen LogP contribution in [0.4, 0.5) is 15.8 Å². The smallest absolute Gasteiger partial charge is 0.335 e. The van der Waals surface area contributed by atoms with Crippen molar-refractivity contribution in [1.82, 2.24) is 0 Å². The molecule has 252 valence electrons. The third-order valence-electron chi connectivity index (χ3n) is 10.1. The van der Waals surface area contributed by atoms with Gasteiger partial charge in [-0.1, -0.05) is 17.7 Å². The molecule has 14 heteroatoms. The van der Waals surface area contributed by atoms with Crippen LogP contribution in [0.1, 0.15) is 34.7 Å². The zero-order valence-corrected chi connectivity index (χ0v) is 27.4. The maximum absolute atomic E-state index is 14.6. The van der Waals surface area contributed by atoms with Gasteiger partial charge in [-0.05, 0) is 61.2 Å². The first-order valence-electron chi connectivity index (χ1n) is 15.2. The summed E-state index contributed by atoms with van der Waals surface area (Å²) in [5.41, 5.74) is 0.558. The van der Waals surface area contributed by atoms with Crippen molar-refractivity contribution in [1.29, 1.82) is 0 Å². The minimum absolute atomic E-state index is 0.0145. The lowest BCUT2D eigenvalue weighted by atomic mass is 9.56. The molecule has 0 spiro atoms. The Morgan fingerprint density at radius 2 is 1.53 bits per heavy atom. The van der Waals surface area contributed by atoms with E-state index in [9.17, 15) is 38.6 Å². The summed E-state index contributed by atoms with van der Waals surface area (Å²) in [6, 6.07) is 12.6. The van der Waals surface area contributed by atoms with Crippen molar-refractivity contribution in [2.75, 3.05) is 24.0 Å². The van der Waals surface area contributed by atoms with Gasteiger partial charge in [0, 0.05) is 23.6 Å². The summed E-state index contributed by atoms with van der Waals surface area (Å²) in [6.45, 7) is 0. The Balaban J connectivity index is 1.44. The molecule has 4 aliphatic rings. The lowest BCUT2D eigenvalue weighted by Crippen LogP contribution is -2.60. The van der Waals surface area contributed by atoms with E-state index in [0.29, 0.717) is 5.57 Å². The van der Waals surface area contributed by atoms with Gasteiger partial charge < -0.3 is 19.7 Å². The van der Waals surface area contributed by atoms with Crippen molar-refractivity contribution in [3.8, 4) is 17.2 Å². The predicted octanol–water partition coefficient (Wildman–Crippen LogP) is 5.01. The van der Waals surface area contributed by atoms with Gasteiger partial charge in [-0.15, -0.1) is 23.2 Å². The number of carboxylic acids is 1. The Hall–Kier alpha value is -4.94. The van der Waals surface area contributed by atoms with Gasteiger partial charge in [-0.3, -0.25) is 24.1 Å². The number of allylic oxidation sites excluding steroid dienone is 2. The van der Waals surface area contributed by atoms with Crippen LogP contribution in [-0.4, -0.2) is 63.8 Å². The largest absolute Gasteiger partial charge is 0.508 e. The molecule has 4 amide bonds. The van der Waals surface area contributed by atoms with Crippen LogP contribution in [0.25, 0.3) is 0 Å². The maximum atomic E-state index is 14.6. The number of aromatic carboxylic acids is 1. The topological polar surface area (TPSA) is 151 Å². The van der Waals surface area contributed by atoms with Crippen molar-refractivity contribution < 1.29 is 48.0 Å². The first-order chi connectivity index (χ1) is 23.3. The Morgan fingerprint density at radius 1 is 0.878 bits per heavy atom. The second kappa shape index (κ2) is 11.3. The first-order valence-corrected chi connectivity index (χ1v) is 15.9. The highest BCUT2D eigenvalue weighted by atomic mass is 35.5. The number of benzene rings is 3. The van der Waals surface area contributed by atoms with Crippen LogP contribution in [0.2, 0.25) is 0 Å². The van der Waals surface area contributed by atoms with Gasteiger partial charge in [0.15, 0.2) is 9.75 Å². The number of amides is 4. The van der Waals surface area contributed by atoms with Gasteiger partial charge in [-0.25, -0.2) is 14.1 Å². The molecule has 11 nitrogen and oxygen atoms in total. The van der Waals surface area contributed by atoms with E-state index in [4.69, 9.17) is 32.7 Å². The molecule has 2 N–H and O–H groups in total. The number of imide groups is 2. The van der Waals surface area contributed by atoms with Crippen molar-refractivity contribution in [2.24, 2.45) is 17.8 Å². The van der Waals surface area contributed by atoms with Crippen LogP contribution in [0.3, 0.4) is 0 Å². The number of aromatic hydroxyl groups is 1. The molecule has 0 radical (unpaired) electrons. The van der Waals surface area contributed by atoms with Gasteiger partial charge in [0.05, 0.1) is 43.0 Å². The molecule has 1 saturated carbocycles. The summed E-state index contributed by atoms with van der Waals surface area (Å²) in [4.78, 5) is 66.3. The van der Waals surface area contributed by atoms with Gasteiger partial charge in [0.1, 0.15) is 23.1 Å². The zero-order valence-electron chi connectivity index (χ0n) is 25.9. The van der Waals surface area contributed by atoms with Gasteiger partial charge in [-0.2, -0.15) is 0 Å². The zero-order chi connectivity index (χ0) is 35.2. The lowest BCUT2D eigenvalue weighted by Gasteiger charge is -2.51. The van der Waals surface area contributed by atoms with Crippen LogP contribution < -0.4 is 19.3 Å². The van der Waals surface area contributed by atoms with E-state index in [1.807, 2.05) is 0 Å². The van der Waals surface area contributed by atoms with E-state index in [-0.39, 0.29) is 52.6 Å². The van der Waals surface area contributed by atoms with Gasteiger partial charge in [0.2, 0.25) is 11.8 Å². The van der Waals surface area contributed by atoms with E-state index in [2.05, 4.69) is 0 Å². The fourth-order valence-electron chi connectivity index (χ4n) is 7.96. The summed E-state index contributed by atoms with van der Waals surface area (Å²) in [5.74, 6) is -9.20. The predicted molar refractivity (Wildman–Crippen MR) is 174 cm³/mol. The number of carboxylic acid groups (broad SMARTS) is 1. The van der Waals surface area contributed by atoms with Gasteiger partial charge in [0.25, 0.3) is 11.8 Å². The highest BCUT2D eigenvalue weighted by molar-refractivity contribution is 6.58. The average molecular weight is 710 g/mol. The normalized spacial score (nSPS) is 29.0. The summed E-state index contributed by atoms with van der Waals surface area (Å²) in [7, 11) is 2.65. The molecular formula is C35H27Cl2FN2O9. The number of ether oxygens (including phenoxy) is 2. The molecule has 3 aromatic carbocycles. The molecule has 3 fully saturated rings. The van der Waals surface area contributed by atoms with Crippen LogP contribution in [0, 0.1) is 23.6 Å². The number of fused-ring (bicyclic) bond motifs is 4. The molecule has 0 aromatic heterocycles. The molecule has 2 saturated heterocycles. The molecule has 7 rings (SSSR count). The Kier molecular flexibility index (Phi) is 7.53. The summed E-state index contributed by atoms with van der Waals surface area (Å²) < 4.78 is 25.2. The van der Waals surface area contributed by atoms with Crippen molar-refractivity contribution >= 4 is 64.2 Å². The molecule has 2 aliphatic carbocycles. The number of phenols is 1. The van der Waals surface area contributed by atoms with Crippen LogP contribution in [-0.2, 0) is 19.2 Å². The molecule has 3 aromatic rings. The Bertz CT molecular complexity index is 1990. The molecule has 0 unspecified atom stereocenters. The number of nitrogens with zero attached hydrogens (tertiary/aromatic N) is 2. The standard InChI is InChI=1S/C35H27Cl2FN2O9/c1-48-24-13-20(41)14-25(49-2)27(24)28-21-10-11-22-26(30(43)39(29(22)42)19-5-3-4-16(12-19)31(44)45)23(21)15-34(36)32(46)40(33(47)35(28,34)37)18-8-6-17(38)7-9-18/h3-10,12-14,22-23,26,28,41H,11,15H2,1-2H3,(H,44,45)/t22-,23+,26-,28+,34+,35-/m0/s1. The molecule has 49 heavy (non-hydrogen) atoms. The Morgan fingerprint density at radius 3 is 2.14 bits per heavy atom. The maximum Gasteiger partial charge on any atom is 0.335 e. The number of phenolic OH excluding ortho intramolecular Hbond substituents is 1. The monoisotopic (exact) mass is 708 g/mol. The number of carbonyl (C=O) groups excluding carboxylic acids is 4. The van der Waals surface area contributed by atoms with Gasteiger partial charge >= 0.3 is 5.97 Å². The number of hydrogen-bond donors (Lipinski definition) is 2. The fraction of sp³-hybridized carbons (Fsp3) is 0.286. The molecule has 2 heterocycles. The number of halogens is 3. The number of hydrogen-bond acceptors (Lipinski definition) is 8. The third kappa shape index (κ3) is 4.43. The van der Waals surface area contributed by atoms with E-state index in [1.54, 1.807) is 6.08 Å². The van der Waals surface area contributed by atoms with Crippen LogP contribution >= 0.6 is 23.2 Å². The summed E-state index contributed by atoms with van der Waals surface area (Å²) >= 11 is 14.8. The van der Waals surface area contributed by atoms with Crippen LogP contribution in [0.5, 0.6) is 17.2 Å². The number of alkyl halides is 2. The minimum Gasteiger partial charge on any atom is -0.508 e. The highest BCUT2D eigenvalue weighted by Crippen LogP contribution is 2.67. The summed E-state index contributed by atoms with van der Waals surface area (Å²) in [6.07, 6.45) is 1.42. The number of carbonyl (C=O) groups is 5. The van der Waals surface area contributed by atoms with E-state index >= 15 is 0 Å². The SMILES string of the molecule is COc1cc(O)cc(OC)c1[C@H]1C2=CC[C@@H]3C(=O)N(c4cccc(C(=O)O)c4)C(=O)[C@@H]3[C@@H]2C[C@@]2(Cl)C(=O)N(c3ccc(F)cc3)C(=O)[C@@]12Cl. The molecule has 0 bridgehead atoms. The second-order valence-electron chi connectivity index (χ2n) is 12.4. The van der Waals surface area contributed by atoms with Crippen molar-refractivity contribution in [2.45, 2.75) is 28.5 Å². The first kappa shape index (κ1) is 32.6. The number of methoxy groups -OCH3 is 2. The van der Waals surface area contributed by atoms with Crippen molar-refractivity contribution in [3.05, 3.63) is 89.3 Å². The lowest BCUT2D eigenvalue weighted by molar-refractivity contribution is -0.125. The quantitative estimate of drug-likeness (QED) is 0.205.